The van der Waals surface area contributed by atoms with E-state index < -0.39 is 0 Å². The van der Waals surface area contributed by atoms with Gasteiger partial charge in [0.05, 0.1) is 6.04 Å². The van der Waals surface area contributed by atoms with Crippen LogP contribution in [0.5, 0.6) is 0 Å². The minimum atomic E-state index is 0. The first-order valence-electron chi connectivity index (χ1n) is 8.41. The van der Waals surface area contributed by atoms with Crippen molar-refractivity contribution in [2.75, 3.05) is 18.4 Å². The molecule has 0 spiro atoms. The van der Waals surface area contributed by atoms with Crippen LogP contribution < -0.4 is 5.32 Å². The lowest BCUT2D eigenvalue weighted by Crippen LogP contribution is -2.32. The third-order valence-corrected chi connectivity index (χ3v) is 4.91. The summed E-state index contributed by atoms with van der Waals surface area (Å²) in [6, 6.07) is 10.2. The molecule has 4 nitrogen and oxygen atoms in total. The number of likely N-dealkylation sites (tertiary alicyclic amines) is 1. The molecule has 0 saturated carbocycles. The lowest BCUT2D eigenvalue weighted by molar-refractivity contribution is 0.0734. The van der Waals surface area contributed by atoms with Crippen LogP contribution in [0.25, 0.3) is 0 Å². The van der Waals surface area contributed by atoms with E-state index in [0.717, 1.165) is 55.6 Å². The van der Waals surface area contributed by atoms with Gasteiger partial charge in [-0.25, -0.2) is 0 Å². The molecule has 1 unspecified atom stereocenters. The Morgan fingerprint density at radius 2 is 2.12 bits per heavy atom. The normalized spacial score (nSPS) is 19.2. The number of carbonyl (C=O) groups is 1. The van der Waals surface area contributed by atoms with E-state index in [9.17, 15) is 4.79 Å². The smallest absolute Gasteiger partial charge is 0.254 e. The first-order valence-corrected chi connectivity index (χ1v) is 8.41. The minimum absolute atomic E-state index is 0. The number of aromatic nitrogens is 1. The van der Waals surface area contributed by atoms with E-state index in [1.165, 1.54) is 5.56 Å². The molecule has 24 heavy (non-hydrogen) atoms. The maximum absolute atomic E-state index is 13.2. The molecule has 1 fully saturated rings. The monoisotopic (exact) mass is 343 g/mol. The standard InChI is InChI=1S/C19H21N3O.ClH/c23-19(16-6-1-8-17-15(16)7-3-11-21-17)22-12-4-9-18(22)14-5-2-10-20-13-14;/h1-2,5-6,8,10,13,18,21H,3-4,7,9,11-12H2;1H. The summed E-state index contributed by atoms with van der Waals surface area (Å²) >= 11 is 0. The Hall–Kier alpha value is -2.07. The highest BCUT2D eigenvalue weighted by Crippen LogP contribution is 2.34. The largest absolute Gasteiger partial charge is 0.385 e. The molecule has 2 aromatic rings. The van der Waals surface area contributed by atoms with Gasteiger partial charge in [-0.15, -0.1) is 12.4 Å². The van der Waals surface area contributed by atoms with Gasteiger partial charge in [-0.2, -0.15) is 0 Å². The van der Waals surface area contributed by atoms with Crippen molar-refractivity contribution >= 4 is 24.0 Å². The van der Waals surface area contributed by atoms with Crippen LogP contribution in [0.3, 0.4) is 0 Å². The number of pyridine rings is 1. The number of fused-ring (bicyclic) bond motifs is 1. The molecular weight excluding hydrogens is 322 g/mol. The zero-order chi connectivity index (χ0) is 15.6. The second-order valence-corrected chi connectivity index (χ2v) is 6.30. The number of anilines is 1. The van der Waals surface area contributed by atoms with E-state index >= 15 is 0 Å². The summed E-state index contributed by atoms with van der Waals surface area (Å²) in [5, 5.41) is 3.41. The van der Waals surface area contributed by atoms with Crippen LogP contribution in [0.2, 0.25) is 0 Å². The Labute approximate surface area is 148 Å². The van der Waals surface area contributed by atoms with Gasteiger partial charge >= 0.3 is 0 Å². The summed E-state index contributed by atoms with van der Waals surface area (Å²) in [7, 11) is 0. The summed E-state index contributed by atoms with van der Waals surface area (Å²) in [4.78, 5) is 19.4. The lowest BCUT2D eigenvalue weighted by Gasteiger charge is -2.27. The van der Waals surface area contributed by atoms with Crippen LogP contribution in [-0.4, -0.2) is 28.9 Å². The summed E-state index contributed by atoms with van der Waals surface area (Å²) in [6.45, 7) is 1.82. The van der Waals surface area contributed by atoms with Gasteiger partial charge in [-0.05, 0) is 55.0 Å². The third kappa shape index (κ3) is 2.98. The molecular formula is C19H22ClN3O. The van der Waals surface area contributed by atoms with Gasteiger partial charge in [-0.3, -0.25) is 9.78 Å². The molecule has 1 saturated heterocycles. The molecule has 1 aromatic heterocycles. The second kappa shape index (κ2) is 7.22. The van der Waals surface area contributed by atoms with E-state index in [0.29, 0.717) is 0 Å². The fourth-order valence-electron chi connectivity index (χ4n) is 3.79. The van der Waals surface area contributed by atoms with Crippen molar-refractivity contribution in [1.29, 1.82) is 0 Å². The van der Waals surface area contributed by atoms with E-state index in [4.69, 9.17) is 0 Å². The molecule has 0 aliphatic carbocycles. The Balaban J connectivity index is 0.00000169. The summed E-state index contributed by atoms with van der Waals surface area (Å²) < 4.78 is 0. The van der Waals surface area contributed by atoms with Crippen molar-refractivity contribution < 1.29 is 4.79 Å². The average Bonchev–Trinajstić information content (AvgIpc) is 3.11. The van der Waals surface area contributed by atoms with Gasteiger partial charge in [-0.1, -0.05) is 12.1 Å². The molecule has 2 aliphatic heterocycles. The Bertz CT molecular complexity index is 720. The van der Waals surface area contributed by atoms with Gasteiger partial charge in [0.2, 0.25) is 0 Å². The number of rotatable bonds is 2. The van der Waals surface area contributed by atoms with E-state index in [1.807, 2.05) is 29.3 Å². The highest BCUT2D eigenvalue weighted by molar-refractivity contribution is 5.97. The Morgan fingerprint density at radius 1 is 1.21 bits per heavy atom. The van der Waals surface area contributed by atoms with Gasteiger partial charge in [0, 0.05) is 36.7 Å². The molecule has 0 bridgehead atoms. The predicted molar refractivity (Wildman–Crippen MR) is 97.7 cm³/mol. The maximum atomic E-state index is 13.2. The molecule has 2 aliphatic rings. The molecule has 1 amide bonds. The van der Waals surface area contributed by atoms with Gasteiger partial charge in [0.25, 0.3) is 5.91 Å². The van der Waals surface area contributed by atoms with E-state index in [1.54, 1.807) is 6.20 Å². The first-order chi connectivity index (χ1) is 11.3. The number of nitrogens with one attached hydrogen (secondary N) is 1. The molecule has 4 rings (SSSR count). The fraction of sp³-hybridized carbons (Fsp3) is 0.368. The Morgan fingerprint density at radius 3 is 2.96 bits per heavy atom. The quantitative estimate of drug-likeness (QED) is 0.901. The summed E-state index contributed by atoms with van der Waals surface area (Å²) in [5.74, 6) is 0.164. The van der Waals surface area contributed by atoms with Crippen molar-refractivity contribution in [3.8, 4) is 0 Å². The van der Waals surface area contributed by atoms with Crippen LogP contribution >= 0.6 is 12.4 Å². The molecule has 1 N–H and O–H groups in total. The van der Waals surface area contributed by atoms with Gasteiger partial charge < -0.3 is 10.2 Å². The highest BCUT2D eigenvalue weighted by atomic mass is 35.5. The number of carbonyl (C=O) groups excluding carboxylic acids is 1. The number of amides is 1. The first kappa shape index (κ1) is 16.8. The van der Waals surface area contributed by atoms with Crippen molar-refractivity contribution in [1.82, 2.24) is 9.88 Å². The zero-order valence-electron chi connectivity index (χ0n) is 13.6. The average molecular weight is 344 g/mol. The molecule has 1 aromatic carbocycles. The topological polar surface area (TPSA) is 45.2 Å². The number of nitrogens with zero attached hydrogens (tertiary/aromatic N) is 2. The van der Waals surface area contributed by atoms with Crippen LogP contribution in [0.1, 0.15) is 46.8 Å². The van der Waals surface area contributed by atoms with Crippen LogP contribution in [0.4, 0.5) is 5.69 Å². The predicted octanol–water partition coefficient (Wildman–Crippen LogP) is 3.84. The highest BCUT2D eigenvalue weighted by Gasteiger charge is 2.32. The third-order valence-electron chi connectivity index (χ3n) is 4.91. The van der Waals surface area contributed by atoms with Crippen LogP contribution in [-0.2, 0) is 6.42 Å². The molecule has 126 valence electrons. The number of benzene rings is 1. The lowest BCUT2D eigenvalue weighted by atomic mass is 9.96. The zero-order valence-corrected chi connectivity index (χ0v) is 14.4. The molecule has 5 heteroatoms. The minimum Gasteiger partial charge on any atom is -0.385 e. The summed E-state index contributed by atoms with van der Waals surface area (Å²) in [6.07, 6.45) is 7.81. The number of hydrogen-bond donors (Lipinski definition) is 1. The number of halogens is 1. The molecule has 0 radical (unpaired) electrons. The van der Waals surface area contributed by atoms with Crippen LogP contribution in [0.15, 0.2) is 42.7 Å². The van der Waals surface area contributed by atoms with Crippen molar-refractivity contribution in [2.24, 2.45) is 0 Å². The summed E-state index contributed by atoms with van der Waals surface area (Å²) in [5.41, 5.74) is 4.31. The Kier molecular flexibility index (Phi) is 5.05. The van der Waals surface area contributed by atoms with Crippen LogP contribution in [0, 0.1) is 0 Å². The fourth-order valence-corrected chi connectivity index (χ4v) is 3.79. The van der Waals surface area contributed by atoms with Crippen molar-refractivity contribution in [3.63, 3.8) is 0 Å². The van der Waals surface area contributed by atoms with Crippen molar-refractivity contribution in [2.45, 2.75) is 31.7 Å². The SMILES string of the molecule is Cl.O=C(c1cccc2c1CCCN2)N1CCCC1c1cccnc1. The van der Waals surface area contributed by atoms with Crippen molar-refractivity contribution in [3.05, 3.63) is 59.4 Å². The number of hydrogen-bond acceptors (Lipinski definition) is 3. The van der Waals surface area contributed by atoms with E-state index in [2.05, 4.69) is 22.4 Å². The van der Waals surface area contributed by atoms with E-state index in [-0.39, 0.29) is 24.4 Å². The molecule has 3 heterocycles. The van der Waals surface area contributed by atoms with Gasteiger partial charge in [0.1, 0.15) is 0 Å². The molecule has 1 atom stereocenters. The maximum Gasteiger partial charge on any atom is 0.254 e. The van der Waals surface area contributed by atoms with Gasteiger partial charge in [0.15, 0.2) is 0 Å². The second-order valence-electron chi connectivity index (χ2n) is 6.30.